The molecule has 0 spiro atoms. The quantitative estimate of drug-likeness (QED) is 0.456. The Kier molecular flexibility index (Phi) is 8.67. The van der Waals surface area contributed by atoms with Crippen molar-refractivity contribution in [3.63, 3.8) is 0 Å². The number of benzene rings is 1. The second-order valence-corrected chi connectivity index (χ2v) is 6.71. The summed E-state index contributed by atoms with van der Waals surface area (Å²) in [6, 6.07) is 7.35. The predicted octanol–water partition coefficient (Wildman–Crippen LogP) is 5.11. The van der Waals surface area contributed by atoms with E-state index in [2.05, 4.69) is 11.4 Å². The number of phosphoric acid groups is 1. The molecular formula is C16H27O4P. The first-order valence-electron chi connectivity index (χ1n) is 7.75. The third kappa shape index (κ3) is 7.66. The molecule has 120 valence electrons. The van der Waals surface area contributed by atoms with Crippen LogP contribution in [0.4, 0.5) is 0 Å². The molecule has 4 nitrogen and oxygen atoms in total. The summed E-state index contributed by atoms with van der Waals surface area (Å²) in [5.41, 5.74) is 0.956. The zero-order chi connectivity index (χ0) is 15.6. The average Bonchev–Trinajstić information content (AvgIpc) is 2.47. The Morgan fingerprint density at radius 2 is 1.67 bits per heavy atom. The van der Waals surface area contributed by atoms with Gasteiger partial charge >= 0.3 is 7.82 Å². The van der Waals surface area contributed by atoms with Gasteiger partial charge in [0.2, 0.25) is 0 Å². The Morgan fingerprint density at radius 3 is 2.33 bits per heavy atom. The van der Waals surface area contributed by atoms with E-state index in [0.717, 1.165) is 18.4 Å². The van der Waals surface area contributed by atoms with Crippen molar-refractivity contribution < 1.29 is 18.5 Å². The summed E-state index contributed by atoms with van der Waals surface area (Å²) in [6.07, 6.45) is 9.55. The molecule has 0 aliphatic heterocycles. The maximum Gasteiger partial charge on any atom is 0.527 e. The molecule has 0 aliphatic carbocycles. The van der Waals surface area contributed by atoms with Crippen molar-refractivity contribution in [2.24, 2.45) is 0 Å². The highest BCUT2D eigenvalue weighted by atomic mass is 31.2. The lowest BCUT2D eigenvalue weighted by Crippen LogP contribution is -1.97. The molecule has 0 bridgehead atoms. The normalized spacial score (nSPS) is 13.9. The molecule has 1 unspecified atom stereocenters. The van der Waals surface area contributed by atoms with Crippen LogP contribution in [-0.2, 0) is 15.5 Å². The number of aryl methyl sites for hydroxylation is 1. The molecule has 1 rings (SSSR count). The van der Waals surface area contributed by atoms with E-state index in [1.54, 1.807) is 12.1 Å². The summed E-state index contributed by atoms with van der Waals surface area (Å²) >= 11 is 0. The lowest BCUT2D eigenvalue weighted by Gasteiger charge is -2.13. The van der Waals surface area contributed by atoms with Crippen molar-refractivity contribution in [1.82, 2.24) is 0 Å². The van der Waals surface area contributed by atoms with Gasteiger partial charge in [0.25, 0.3) is 0 Å². The Labute approximate surface area is 128 Å². The highest BCUT2D eigenvalue weighted by Gasteiger charge is 2.21. The van der Waals surface area contributed by atoms with E-state index in [1.165, 1.54) is 45.6 Å². The van der Waals surface area contributed by atoms with Crippen molar-refractivity contribution in [3.8, 4) is 5.75 Å². The van der Waals surface area contributed by atoms with Gasteiger partial charge in [0, 0.05) is 7.11 Å². The van der Waals surface area contributed by atoms with Crippen LogP contribution in [0.15, 0.2) is 24.3 Å². The van der Waals surface area contributed by atoms with E-state index >= 15 is 0 Å². The maximum atomic E-state index is 11.5. The van der Waals surface area contributed by atoms with Crippen molar-refractivity contribution in [2.45, 2.75) is 58.3 Å². The molecule has 0 aliphatic rings. The highest BCUT2D eigenvalue weighted by molar-refractivity contribution is 7.47. The summed E-state index contributed by atoms with van der Waals surface area (Å²) in [6.45, 7) is 2.22. The van der Waals surface area contributed by atoms with Gasteiger partial charge in [0.05, 0.1) is 0 Å². The summed E-state index contributed by atoms with van der Waals surface area (Å²) in [5.74, 6) is 0.441. The second kappa shape index (κ2) is 9.99. The Morgan fingerprint density at radius 1 is 1.05 bits per heavy atom. The van der Waals surface area contributed by atoms with Gasteiger partial charge in [0.15, 0.2) is 0 Å². The largest absolute Gasteiger partial charge is 0.527 e. The number of rotatable bonds is 11. The van der Waals surface area contributed by atoms with Gasteiger partial charge in [-0.1, -0.05) is 63.6 Å². The fourth-order valence-electron chi connectivity index (χ4n) is 2.23. The van der Waals surface area contributed by atoms with Crippen LogP contribution >= 0.6 is 7.82 Å². The van der Waals surface area contributed by atoms with E-state index in [1.807, 2.05) is 12.1 Å². The molecule has 0 aromatic heterocycles. The Bertz CT molecular complexity index is 448. The van der Waals surface area contributed by atoms with E-state index < -0.39 is 7.82 Å². The molecular weight excluding hydrogens is 287 g/mol. The number of unbranched alkanes of at least 4 members (excludes halogenated alkanes) is 6. The molecule has 0 amide bonds. The van der Waals surface area contributed by atoms with E-state index in [4.69, 9.17) is 4.52 Å². The first kappa shape index (κ1) is 18.2. The molecule has 0 radical (unpaired) electrons. The fourth-order valence-corrected chi connectivity index (χ4v) is 2.73. The Balaban J connectivity index is 2.39. The van der Waals surface area contributed by atoms with Gasteiger partial charge < -0.3 is 4.52 Å². The van der Waals surface area contributed by atoms with Gasteiger partial charge in [-0.05, 0) is 24.5 Å². The molecule has 1 aromatic carbocycles. The van der Waals surface area contributed by atoms with E-state index in [9.17, 15) is 9.46 Å². The molecule has 0 saturated carbocycles. The molecule has 1 aromatic rings. The molecule has 0 heterocycles. The second-order valence-electron chi connectivity index (χ2n) is 5.22. The predicted molar refractivity (Wildman–Crippen MR) is 85.6 cm³/mol. The van der Waals surface area contributed by atoms with E-state index in [-0.39, 0.29) is 0 Å². The monoisotopic (exact) mass is 314 g/mol. The standard InChI is InChI=1S/C16H27O4P/c1-3-4-5-6-7-8-9-12-15-13-10-11-14-16(15)20-21(17,18)19-2/h10-11,13-14H,3-9,12H2,1-2H3,(H,17,18). The smallest absolute Gasteiger partial charge is 0.404 e. The fraction of sp³-hybridized carbons (Fsp3) is 0.625. The number of hydrogen-bond acceptors (Lipinski definition) is 3. The molecule has 21 heavy (non-hydrogen) atoms. The third-order valence-electron chi connectivity index (χ3n) is 3.47. The molecule has 5 heteroatoms. The van der Waals surface area contributed by atoms with Crippen molar-refractivity contribution in [2.75, 3.05) is 7.11 Å². The number of para-hydroxylation sites is 1. The average molecular weight is 314 g/mol. The van der Waals surface area contributed by atoms with E-state index in [0.29, 0.717) is 5.75 Å². The topological polar surface area (TPSA) is 55.8 Å². The minimum atomic E-state index is -3.98. The summed E-state index contributed by atoms with van der Waals surface area (Å²) in [5, 5.41) is 0. The van der Waals surface area contributed by atoms with Crippen LogP contribution < -0.4 is 4.52 Å². The van der Waals surface area contributed by atoms with Gasteiger partial charge in [-0.25, -0.2) is 4.57 Å². The van der Waals surface area contributed by atoms with Crippen LogP contribution in [0.2, 0.25) is 0 Å². The molecule has 1 N–H and O–H groups in total. The first-order chi connectivity index (χ1) is 10.1. The molecule has 1 atom stereocenters. The lowest BCUT2D eigenvalue weighted by atomic mass is 10.0. The number of hydrogen-bond donors (Lipinski definition) is 1. The first-order valence-corrected chi connectivity index (χ1v) is 9.24. The summed E-state index contributed by atoms with van der Waals surface area (Å²) < 4.78 is 21.0. The zero-order valence-electron chi connectivity index (χ0n) is 13.1. The van der Waals surface area contributed by atoms with Crippen molar-refractivity contribution in [1.29, 1.82) is 0 Å². The van der Waals surface area contributed by atoms with Crippen LogP contribution in [0, 0.1) is 0 Å². The van der Waals surface area contributed by atoms with Crippen LogP contribution in [0.1, 0.15) is 57.4 Å². The van der Waals surface area contributed by atoms with Gasteiger partial charge in [-0.15, -0.1) is 0 Å². The van der Waals surface area contributed by atoms with Crippen molar-refractivity contribution >= 4 is 7.82 Å². The Hall–Kier alpha value is -0.830. The summed E-state index contributed by atoms with van der Waals surface area (Å²) in [7, 11) is -2.81. The lowest BCUT2D eigenvalue weighted by molar-refractivity contribution is 0.242. The van der Waals surface area contributed by atoms with Gasteiger partial charge in [-0.3, -0.25) is 9.42 Å². The SMILES string of the molecule is CCCCCCCCCc1ccccc1OP(=O)(O)OC. The van der Waals surface area contributed by atoms with Crippen molar-refractivity contribution in [3.05, 3.63) is 29.8 Å². The minimum absolute atomic E-state index is 0.441. The zero-order valence-corrected chi connectivity index (χ0v) is 14.0. The van der Waals surface area contributed by atoms with Gasteiger partial charge in [0.1, 0.15) is 5.75 Å². The molecule has 0 saturated heterocycles. The summed E-state index contributed by atoms with van der Waals surface area (Å²) in [4.78, 5) is 9.40. The highest BCUT2D eigenvalue weighted by Crippen LogP contribution is 2.43. The maximum absolute atomic E-state index is 11.5. The third-order valence-corrected chi connectivity index (χ3v) is 4.36. The van der Waals surface area contributed by atoms with Crippen LogP contribution in [-0.4, -0.2) is 12.0 Å². The number of phosphoric ester groups is 1. The van der Waals surface area contributed by atoms with Crippen LogP contribution in [0.25, 0.3) is 0 Å². The van der Waals surface area contributed by atoms with Crippen LogP contribution in [0.5, 0.6) is 5.75 Å². The van der Waals surface area contributed by atoms with Crippen LogP contribution in [0.3, 0.4) is 0 Å². The van der Waals surface area contributed by atoms with Gasteiger partial charge in [-0.2, -0.15) is 0 Å². The molecule has 0 fully saturated rings. The minimum Gasteiger partial charge on any atom is -0.404 e.